The summed E-state index contributed by atoms with van der Waals surface area (Å²) in [5.41, 5.74) is 9.31. The first-order valence-electron chi connectivity index (χ1n) is 11.1. The van der Waals surface area contributed by atoms with Crippen LogP contribution < -0.4 is 11.5 Å². The number of nitrogens with two attached hydrogens (primary N) is 2. The van der Waals surface area contributed by atoms with E-state index in [4.69, 9.17) is 5.11 Å². The summed E-state index contributed by atoms with van der Waals surface area (Å²) in [6.07, 6.45) is 18.2. The molecule has 0 aromatic rings. The first-order valence-corrected chi connectivity index (χ1v) is 11.1. The fourth-order valence-electron chi connectivity index (χ4n) is 2.29. The maximum atomic E-state index is 10.3. The molecule has 0 aliphatic heterocycles. The van der Waals surface area contributed by atoms with Crippen molar-refractivity contribution in [3.8, 4) is 0 Å². The number of carbonyl (C=O) groups is 3. The Morgan fingerprint density at radius 2 is 0.821 bits per heavy atom. The summed E-state index contributed by atoms with van der Waals surface area (Å²) in [6, 6.07) is 0. The van der Waals surface area contributed by atoms with E-state index in [-0.39, 0.29) is 11.8 Å². The van der Waals surface area contributed by atoms with Crippen LogP contribution in [-0.2, 0) is 14.4 Å². The molecule has 0 aliphatic carbocycles. The van der Waals surface area contributed by atoms with Crippen LogP contribution in [0.15, 0.2) is 0 Å². The Labute approximate surface area is 172 Å². The maximum absolute atomic E-state index is 10.3. The number of amides is 2. The van der Waals surface area contributed by atoms with Gasteiger partial charge in [0.15, 0.2) is 0 Å². The molecule has 5 N–H and O–H groups in total. The Kier molecular flexibility index (Phi) is 30.7. The van der Waals surface area contributed by atoms with Gasteiger partial charge >= 0.3 is 5.97 Å². The van der Waals surface area contributed by atoms with Crippen molar-refractivity contribution in [1.29, 1.82) is 0 Å². The zero-order chi connectivity index (χ0) is 22.0. The van der Waals surface area contributed by atoms with Crippen molar-refractivity contribution in [3.63, 3.8) is 0 Å². The summed E-state index contributed by atoms with van der Waals surface area (Å²) in [4.78, 5) is 29.5. The minimum Gasteiger partial charge on any atom is -0.481 e. The molecule has 0 spiro atoms. The predicted octanol–water partition coefficient (Wildman–Crippen LogP) is 5.32. The zero-order valence-electron chi connectivity index (χ0n) is 18.6. The van der Waals surface area contributed by atoms with E-state index in [9.17, 15) is 14.4 Å². The molecular weight excluding hydrogens is 356 g/mol. The number of primary amides is 2. The summed E-state index contributed by atoms with van der Waals surface area (Å²) >= 11 is 0. The molecular formula is C22H46N2O4. The highest BCUT2D eigenvalue weighted by molar-refractivity contribution is 5.73. The van der Waals surface area contributed by atoms with Crippen molar-refractivity contribution in [3.05, 3.63) is 0 Å². The van der Waals surface area contributed by atoms with E-state index in [0.29, 0.717) is 19.3 Å². The summed E-state index contributed by atoms with van der Waals surface area (Å²) in [7, 11) is 0. The molecule has 0 unspecified atom stereocenters. The third-order valence-electron chi connectivity index (χ3n) is 4.19. The number of carboxylic acids is 1. The number of carbonyl (C=O) groups excluding carboxylic acids is 2. The summed E-state index contributed by atoms with van der Waals surface area (Å²) in [6.45, 7) is 5.71. The number of aliphatic carboxylic acids is 1. The predicted molar refractivity (Wildman–Crippen MR) is 117 cm³/mol. The lowest BCUT2D eigenvalue weighted by Crippen LogP contribution is -2.06. The van der Waals surface area contributed by atoms with E-state index >= 15 is 0 Å². The Balaban J connectivity index is -0.000000512. The fourth-order valence-corrected chi connectivity index (χ4v) is 2.29. The molecule has 0 atom stereocenters. The summed E-state index contributed by atoms with van der Waals surface area (Å²) < 4.78 is 0. The lowest BCUT2D eigenvalue weighted by molar-refractivity contribution is -0.137. The Morgan fingerprint density at radius 1 is 0.571 bits per heavy atom. The van der Waals surface area contributed by atoms with Gasteiger partial charge in [-0.05, 0) is 6.42 Å². The molecule has 0 aliphatic rings. The highest BCUT2D eigenvalue weighted by Gasteiger charge is 1.96. The second-order valence-electron chi connectivity index (χ2n) is 7.03. The highest BCUT2D eigenvalue weighted by atomic mass is 16.4. The van der Waals surface area contributed by atoms with Crippen LogP contribution in [0, 0.1) is 0 Å². The first-order chi connectivity index (χ1) is 13.3. The van der Waals surface area contributed by atoms with Crippen molar-refractivity contribution >= 4 is 17.8 Å². The molecule has 28 heavy (non-hydrogen) atoms. The Hall–Kier alpha value is -1.59. The minimum atomic E-state index is -0.655. The van der Waals surface area contributed by atoms with Crippen LogP contribution in [0.3, 0.4) is 0 Å². The fraction of sp³-hybridized carbons (Fsp3) is 0.864. The second kappa shape index (κ2) is 27.6. The molecule has 2 amide bonds. The maximum Gasteiger partial charge on any atom is 0.303 e. The quantitative estimate of drug-likeness (QED) is 0.302. The van der Waals surface area contributed by atoms with Crippen LogP contribution in [-0.4, -0.2) is 22.9 Å². The van der Waals surface area contributed by atoms with Gasteiger partial charge in [-0.3, -0.25) is 14.4 Å². The van der Waals surface area contributed by atoms with Gasteiger partial charge in [0.25, 0.3) is 0 Å². The van der Waals surface area contributed by atoms with Gasteiger partial charge in [0.1, 0.15) is 0 Å². The number of carboxylic acid groups (broad SMARTS) is 1. The SMILES string of the molecule is CCC(N)=O.CCC(N)=O.CCCCCCCCCCCCCCCC(=O)O. The van der Waals surface area contributed by atoms with Gasteiger partial charge in [-0.1, -0.05) is 97.8 Å². The standard InChI is InChI=1S/C16H32O2.2C3H7NO/c1-2-3-4-5-6-7-8-9-10-11-12-13-14-15-16(17)18;2*1-2-3(4)5/h2-15H2,1H3,(H,17,18);2*2H2,1H3,(H2,4,5). The van der Waals surface area contributed by atoms with E-state index in [1.807, 2.05) is 0 Å². The van der Waals surface area contributed by atoms with Crippen LogP contribution in [0.25, 0.3) is 0 Å². The molecule has 0 bridgehead atoms. The van der Waals surface area contributed by atoms with Crippen LogP contribution in [0.2, 0.25) is 0 Å². The average molecular weight is 403 g/mol. The van der Waals surface area contributed by atoms with E-state index in [1.165, 1.54) is 70.6 Å². The minimum absolute atomic E-state index is 0.245. The normalized spacial score (nSPS) is 9.54. The van der Waals surface area contributed by atoms with Gasteiger partial charge < -0.3 is 16.6 Å². The van der Waals surface area contributed by atoms with Gasteiger partial charge in [-0.25, -0.2) is 0 Å². The molecule has 6 heteroatoms. The topological polar surface area (TPSA) is 123 Å². The van der Waals surface area contributed by atoms with E-state index in [0.717, 1.165) is 12.8 Å². The largest absolute Gasteiger partial charge is 0.481 e. The van der Waals surface area contributed by atoms with E-state index in [1.54, 1.807) is 13.8 Å². The van der Waals surface area contributed by atoms with Crippen molar-refractivity contribution < 1.29 is 19.5 Å². The molecule has 0 fully saturated rings. The lowest BCUT2D eigenvalue weighted by Gasteiger charge is -2.02. The van der Waals surface area contributed by atoms with Crippen molar-refractivity contribution in [2.24, 2.45) is 11.5 Å². The van der Waals surface area contributed by atoms with Crippen molar-refractivity contribution in [2.75, 3.05) is 0 Å². The van der Waals surface area contributed by atoms with Gasteiger partial charge in [0.05, 0.1) is 0 Å². The third kappa shape index (κ3) is 44.1. The third-order valence-corrected chi connectivity index (χ3v) is 4.19. The first kappa shape index (κ1) is 31.1. The monoisotopic (exact) mass is 402 g/mol. The van der Waals surface area contributed by atoms with Crippen LogP contribution in [0.4, 0.5) is 0 Å². The average Bonchev–Trinajstić information content (AvgIpc) is 2.66. The lowest BCUT2D eigenvalue weighted by atomic mass is 10.0. The van der Waals surface area contributed by atoms with Gasteiger partial charge in [0, 0.05) is 19.3 Å². The number of rotatable bonds is 16. The summed E-state index contributed by atoms with van der Waals surface area (Å²) in [5.74, 6) is -1.15. The molecule has 0 saturated heterocycles. The summed E-state index contributed by atoms with van der Waals surface area (Å²) in [5, 5.41) is 8.49. The number of unbranched alkanes of at least 4 members (excludes halogenated alkanes) is 12. The molecule has 0 radical (unpaired) electrons. The molecule has 168 valence electrons. The van der Waals surface area contributed by atoms with Crippen LogP contribution in [0.1, 0.15) is 124 Å². The highest BCUT2D eigenvalue weighted by Crippen LogP contribution is 2.12. The zero-order valence-corrected chi connectivity index (χ0v) is 18.6. The van der Waals surface area contributed by atoms with Crippen LogP contribution in [0.5, 0.6) is 0 Å². The number of hydrogen-bond donors (Lipinski definition) is 3. The van der Waals surface area contributed by atoms with Crippen molar-refractivity contribution in [2.45, 2.75) is 124 Å². The Morgan fingerprint density at radius 3 is 1.04 bits per heavy atom. The van der Waals surface area contributed by atoms with E-state index in [2.05, 4.69) is 18.4 Å². The van der Waals surface area contributed by atoms with Crippen LogP contribution >= 0.6 is 0 Å². The smallest absolute Gasteiger partial charge is 0.303 e. The van der Waals surface area contributed by atoms with Gasteiger partial charge in [-0.15, -0.1) is 0 Å². The van der Waals surface area contributed by atoms with Gasteiger partial charge in [0.2, 0.25) is 11.8 Å². The molecule has 0 rings (SSSR count). The van der Waals surface area contributed by atoms with E-state index < -0.39 is 5.97 Å². The molecule has 6 nitrogen and oxygen atoms in total. The number of hydrogen-bond acceptors (Lipinski definition) is 3. The van der Waals surface area contributed by atoms with Crippen molar-refractivity contribution in [1.82, 2.24) is 0 Å². The Bertz CT molecular complexity index is 346. The molecule has 0 aromatic heterocycles. The second-order valence-corrected chi connectivity index (χ2v) is 7.03. The molecule has 0 saturated carbocycles. The van der Waals surface area contributed by atoms with Gasteiger partial charge in [-0.2, -0.15) is 0 Å². The molecule has 0 heterocycles. The molecule has 0 aromatic carbocycles.